The summed E-state index contributed by atoms with van der Waals surface area (Å²) in [6, 6.07) is 11.9. The van der Waals surface area contributed by atoms with E-state index < -0.39 is 0 Å². The van der Waals surface area contributed by atoms with Crippen molar-refractivity contribution in [2.45, 2.75) is 45.6 Å². The van der Waals surface area contributed by atoms with Crippen LogP contribution in [0.25, 0.3) is 16.7 Å². The van der Waals surface area contributed by atoms with Crippen LogP contribution in [0.5, 0.6) is 0 Å². The topological polar surface area (TPSA) is 81.2 Å². The quantitative estimate of drug-likeness (QED) is 0.740. The first kappa shape index (κ1) is 19.2. The van der Waals surface area contributed by atoms with Gasteiger partial charge in [-0.15, -0.1) is 0 Å². The summed E-state index contributed by atoms with van der Waals surface area (Å²) in [6.07, 6.45) is 4.80. The Labute approximate surface area is 170 Å². The summed E-state index contributed by atoms with van der Waals surface area (Å²) in [7, 11) is 0. The number of hydrogen-bond donors (Lipinski definition) is 1. The van der Waals surface area contributed by atoms with E-state index in [1.165, 1.54) is 5.56 Å². The highest BCUT2D eigenvalue weighted by Gasteiger charge is 2.28. The average Bonchev–Trinajstić information content (AvgIpc) is 3.12. The molecular formula is C23H26N4O2. The van der Waals surface area contributed by atoms with Crippen molar-refractivity contribution in [3.05, 3.63) is 59.4 Å². The van der Waals surface area contributed by atoms with Crippen molar-refractivity contribution in [2.75, 3.05) is 6.54 Å². The number of benzene rings is 2. The molecule has 1 atom stereocenters. The summed E-state index contributed by atoms with van der Waals surface area (Å²) < 4.78 is 2.06. The van der Waals surface area contributed by atoms with Gasteiger partial charge in [0.15, 0.2) is 0 Å². The number of hydrogen-bond acceptors (Lipinski definition) is 3. The minimum Gasteiger partial charge on any atom is -0.370 e. The van der Waals surface area contributed by atoms with E-state index in [9.17, 15) is 9.59 Å². The van der Waals surface area contributed by atoms with Gasteiger partial charge in [0.1, 0.15) is 6.33 Å². The summed E-state index contributed by atoms with van der Waals surface area (Å²) >= 11 is 0. The monoisotopic (exact) mass is 390 g/mol. The number of nitrogens with two attached hydrogens (primary N) is 1. The number of imidazole rings is 1. The molecule has 0 aliphatic carbocycles. The average molecular weight is 390 g/mol. The van der Waals surface area contributed by atoms with Crippen molar-refractivity contribution in [3.63, 3.8) is 0 Å². The van der Waals surface area contributed by atoms with E-state index in [-0.39, 0.29) is 24.3 Å². The first-order chi connectivity index (χ1) is 13.9. The molecule has 6 nitrogen and oxygen atoms in total. The van der Waals surface area contributed by atoms with E-state index in [0.717, 1.165) is 41.5 Å². The van der Waals surface area contributed by atoms with Crippen LogP contribution in [0, 0.1) is 13.8 Å². The van der Waals surface area contributed by atoms with Gasteiger partial charge in [-0.2, -0.15) is 0 Å². The summed E-state index contributed by atoms with van der Waals surface area (Å²) in [4.78, 5) is 30.9. The van der Waals surface area contributed by atoms with Crippen molar-refractivity contribution in [3.8, 4) is 5.69 Å². The fourth-order valence-electron chi connectivity index (χ4n) is 4.19. The van der Waals surface area contributed by atoms with Crippen LogP contribution in [0.2, 0.25) is 0 Å². The minimum absolute atomic E-state index is 0.0564. The van der Waals surface area contributed by atoms with Crippen LogP contribution in [0.3, 0.4) is 0 Å². The molecule has 0 radical (unpaired) electrons. The third-order valence-electron chi connectivity index (χ3n) is 5.74. The zero-order valence-electron chi connectivity index (χ0n) is 16.9. The van der Waals surface area contributed by atoms with Crippen LogP contribution in [-0.2, 0) is 4.79 Å². The van der Waals surface area contributed by atoms with Gasteiger partial charge < -0.3 is 10.6 Å². The molecule has 150 valence electrons. The van der Waals surface area contributed by atoms with Crippen molar-refractivity contribution in [1.29, 1.82) is 0 Å². The Kier molecular flexibility index (Phi) is 5.09. The van der Waals surface area contributed by atoms with Gasteiger partial charge in [0.05, 0.1) is 16.7 Å². The van der Waals surface area contributed by atoms with Gasteiger partial charge in [0.2, 0.25) is 5.91 Å². The molecule has 1 aliphatic rings. The molecule has 1 fully saturated rings. The van der Waals surface area contributed by atoms with Crippen LogP contribution >= 0.6 is 0 Å². The predicted octanol–water partition coefficient (Wildman–Crippen LogP) is 3.51. The number of aromatic nitrogens is 2. The van der Waals surface area contributed by atoms with Crippen LogP contribution in [-0.4, -0.2) is 38.9 Å². The first-order valence-electron chi connectivity index (χ1n) is 10.1. The fourth-order valence-corrected chi connectivity index (χ4v) is 4.19. The standard InChI is InChI=1S/C23H26N4O2/c1-15-6-7-16(2)21(11-15)27-14-25-19-12-17(8-9-20(19)27)23(29)26-10-4-3-5-18(26)13-22(24)28/h6-9,11-12,14,18H,3-5,10,13H2,1-2H3,(H2,24,28). The molecule has 29 heavy (non-hydrogen) atoms. The van der Waals surface area contributed by atoms with Crippen LogP contribution in [0.15, 0.2) is 42.7 Å². The van der Waals surface area contributed by atoms with Gasteiger partial charge in [-0.05, 0) is 68.5 Å². The van der Waals surface area contributed by atoms with Crippen LogP contribution < -0.4 is 5.73 Å². The number of likely N-dealkylation sites (tertiary alicyclic amines) is 1. The molecule has 1 saturated heterocycles. The summed E-state index contributed by atoms with van der Waals surface area (Å²) in [5.41, 5.74) is 11.2. The Balaban J connectivity index is 1.67. The lowest BCUT2D eigenvalue weighted by molar-refractivity contribution is -0.119. The molecular weight excluding hydrogens is 364 g/mol. The fraction of sp³-hybridized carbons (Fsp3) is 0.348. The van der Waals surface area contributed by atoms with E-state index in [4.69, 9.17) is 5.73 Å². The van der Waals surface area contributed by atoms with E-state index in [1.54, 1.807) is 11.2 Å². The van der Waals surface area contributed by atoms with Gasteiger partial charge in [0, 0.05) is 24.6 Å². The smallest absolute Gasteiger partial charge is 0.254 e. The molecule has 2 N–H and O–H groups in total. The van der Waals surface area contributed by atoms with Gasteiger partial charge >= 0.3 is 0 Å². The Morgan fingerprint density at radius 3 is 2.76 bits per heavy atom. The van der Waals surface area contributed by atoms with Crippen molar-refractivity contribution in [2.24, 2.45) is 5.73 Å². The van der Waals surface area contributed by atoms with E-state index in [1.807, 2.05) is 18.2 Å². The minimum atomic E-state index is -0.364. The lowest BCUT2D eigenvalue weighted by Gasteiger charge is -2.35. The van der Waals surface area contributed by atoms with Gasteiger partial charge in [-0.3, -0.25) is 14.2 Å². The number of carbonyl (C=O) groups excluding carboxylic acids is 2. The normalized spacial score (nSPS) is 16.9. The molecule has 0 bridgehead atoms. The first-order valence-corrected chi connectivity index (χ1v) is 10.1. The molecule has 1 aromatic heterocycles. The highest BCUT2D eigenvalue weighted by molar-refractivity contribution is 5.98. The Hall–Kier alpha value is -3.15. The second-order valence-corrected chi connectivity index (χ2v) is 7.93. The van der Waals surface area contributed by atoms with Crippen molar-refractivity contribution in [1.82, 2.24) is 14.5 Å². The Morgan fingerprint density at radius 2 is 1.97 bits per heavy atom. The van der Waals surface area contributed by atoms with E-state index in [0.29, 0.717) is 12.1 Å². The number of amides is 2. The molecule has 1 aliphatic heterocycles. The Morgan fingerprint density at radius 1 is 1.14 bits per heavy atom. The molecule has 2 amide bonds. The Bertz CT molecular complexity index is 1090. The summed E-state index contributed by atoms with van der Waals surface area (Å²) in [5, 5.41) is 0. The molecule has 3 aromatic rings. The maximum Gasteiger partial charge on any atom is 0.254 e. The molecule has 2 aromatic carbocycles. The highest BCUT2D eigenvalue weighted by atomic mass is 16.2. The molecule has 0 spiro atoms. The number of nitrogens with zero attached hydrogens (tertiary/aromatic N) is 3. The molecule has 6 heteroatoms. The van der Waals surface area contributed by atoms with Crippen molar-refractivity contribution < 1.29 is 9.59 Å². The van der Waals surface area contributed by atoms with Gasteiger partial charge in [0.25, 0.3) is 5.91 Å². The maximum atomic E-state index is 13.2. The second kappa shape index (κ2) is 7.70. The SMILES string of the molecule is Cc1ccc(C)c(-n2cnc3cc(C(=O)N4CCCCC4CC(N)=O)ccc32)c1. The third-order valence-corrected chi connectivity index (χ3v) is 5.74. The molecule has 2 heterocycles. The van der Waals surface area contributed by atoms with Crippen LogP contribution in [0.4, 0.5) is 0 Å². The summed E-state index contributed by atoms with van der Waals surface area (Å²) in [5.74, 6) is -0.420. The third kappa shape index (κ3) is 3.75. The largest absolute Gasteiger partial charge is 0.370 e. The van der Waals surface area contributed by atoms with E-state index in [2.05, 4.69) is 41.6 Å². The van der Waals surface area contributed by atoms with Crippen molar-refractivity contribution >= 4 is 22.8 Å². The molecule has 1 unspecified atom stereocenters. The zero-order valence-corrected chi connectivity index (χ0v) is 16.9. The highest BCUT2D eigenvalue weighted by Crippen LogP contribution is 2.25. The number of fused-ring (bicyclic) bond motifs is 1. The number of rotatable bonds is 4. The second-order valence-electron chi connectivity index (χ2n) is 7.93. The van der Waals surface area contributed by atoms with Gasteiger partial charge in [-0.1, -0.05) is 12.1 Å². The summed E-state index contributed by atoms with van der Waals surface area (Å²) in [6.45, 7) is 4.80. The molecule has 0 saturated carbocycles. The number of carbonyl (C=O) groups is 2. The molecule has 4 rings (SSSR count). The maximum absolute atomic E-state index is 13.2. The lowest BCUT2D eigenvalue weighted by Crippen LogP contribution is -2.45. The number of primary amides is 1. The van der Waals surface area contributed by atoms with E-state index >= 15 is 0 Å². The number of aryl methyl sites for hydroxylation is 2. The van der Waals surface area contributed by atoms with Crippen LogP contribution in [0.1, 0.15) is 47.2 Å². The lowest BCUT2D eigenvalue weighted by atomic mass is 9.98. The van der Waals surface area contributed by atoms with Gasteiger partial charge in [-0.25, -0.2) is 4.98 Å². The number of piperidine rings is 1. The predicted molar refractivity (Wildman–Crippen MR) is 113 cm³/mol. The zero-order chi connectivity index (χ0) is 20.5.